The fourth-order valence-electron chi connectivity index (χ4n) is 3.86. The molecule has 1 unspecified atom stereocenters. The molecule has 3 aromatic carbocycles. The van der Waals surface area contributed by atoms with Crippen molar-refractivity contribution >= 4 is 28.6 Å². The van der Waals surface area contributed by atoms with Gasteiger partial charge in [-0.1, -0.05) is 30.3 Å². The summed E-state index contributed by atoms with van der Waals surface area (Å²) < 4.78 is 34.8. The summed E-state index contributed by atoms with van der Waals surface area (Å²) in [5.74, 6) is 0.227. The van der Waals surface area contributed by atoms with Gasteiger partial charge in [-0.15, -0.1) is 0 Å². The molecule has 1 N–H and O–H groups in total. The van der Waals surface area contributed by atoms with Crippen molar-refractivity contribution in [1.29, 1.82) is 0 Å². The number of hydrogen-bond acceptors (Lipinski definition) is 5. The van der Waals surface area contributed by atoms with Crippen LogP contribution in [0.3, 0.4) is 0 Å². The van der Waals surface area contributed by atoms with E-state index in [0.717, 1.165) is 17.0 Å². The van der Waals surface area contributed by atoms with E-state index in [1.165, 1.54) is 12.1 Å². The first-order chi connectivity index (χ1) is 16.0. The van der Waals surface area contributed by atoms with Gasteiger partial charge < -0.3 is 19.1 Å². The summed E-state index contributed by atoms with van der Waals surface area (Å²) in [5, 5.41) is 0. The number of nitrogens with one attached hydrogen (secondary N) is 1. The van der Waals surface area contributed by atoms with Gasteiger partial charge in [0.25, 0.3) is 5.91 Å². The zero-order chi connectivity index (χ0) is 23.4. The second-order valence-corrected chi connectivity index (χ2v) is 8.99. The molecule has 1 atom stereocenters. The Kier molecular flexibility index (Phi) is 7.05. The number of benzene rings is 3. The van der Waals surface area contributed by atoms with Gasteiger partial charge in [0.05, 0.1) is 12.8 Å². The van der Waals surface area contributed by atoms with Gasteiger partial charge in [-0.05, 0) is 42.8 Å². The Morgan fingerprint density at radius 3 is 2.45 bits per heavy atom. The van der Waals surface area contributed by atoms with Gasteiger partial charge in [0.1, 0.15) is 22.8 Å². The van der Waals surface area contributed by atoms with Crippen LogP contribution in [0.25, 0.3) is 0 Å². The van der Waals surface area contributed by atoms with E-state index in [4.69, 9.17) is 4.74 Å². The number of nitrogens with zero attached hydrogens (tertiary/aromatic N) is 2. The van der Waals surface area contributed by atoms with Crippen molar-refractivity contribution in [1.82, 2.24) is 4.90 Å². The zero-order valence-electron chi connectivity index (χ0n) is 18.6. The van der Waals surface area contributed by atoms with E-state index in [9.17, 15) is 13.7 Å². The van der Waals surface area contributed by atoms with Crippen LogP contribution >= 0.6 is 0 Å². The summed E-state index contributed by atoms with van der Waals surface area (Å²) in [5.41, 5.74) is 2.47. The van der Waals surface area contributed by atoms with Gasteiger partial charge in [0.15, 0.2) is 10.7 Å². The van der Waals surface area contributed by atoms with Crippen molar-refractivity contribution in [3.05, 3.63) is 83.7 Å². The van der Waals surface area contributed by atoms with Crippen molar-refractivity contribution < 1.29 is 18.5 Å². The predicted molar refractivity (Wildman–Crippen MR) is 129 cm³/mol. The van der Waals surface area contributed by atoms with Crippen LogP contribution in [-0.2, 0) is 11.4 Å². The second-order valence-electron chi connectivity index (χ2n) is 7.78. The molecule has 8 heteroatoms. The molecule has 1 heterocycles. The maximum atomic E-state index is 13.9. The molecule has 1 aliphatic rings. The molecule has 172 valence electrons. The summed E-state index contributed by atoms with van der Waals surface area (Å²) in [6, 6.07) is 19.0. The molecule has 0 spiro atoms. The van der Waals surface area contributed by atoms with Crippen LogP contribution in [0.15, 0.2) is 71.6 Å². The highest BCUT2D eigenvalue weighted by Crippen LogP contribution is 2.29. The number of carbonyl (C=O) groups excluding carboxylic acids is 1. The predicted octanol–water partition coefficient (Wildman–Crippen LogP) is 4.24. The Balaban J connectivity index is 1.46. The van der Waals surface area contributed by atoms with E-state index in [0.29, 0.717) is 36.6 Å². The van der Waals surface area contributed by atoms with Gasteiger partial charge in [-0.3, -0.25) is 4.79 Å². The smallest absolute Gasteiger partial charge is 0.254 e. The van der Waals surface area contributed by atoms with E-state index in [2.05, 4.69) is 9.62 Å². The molecule has 0 aromatic heterocycles. The minimum absolute atomic E-state index is 0.100. The minimum atomic E-state index is -1.70. The maximum Gasteiger partial charge on any atom is 0.254 e. The lowest BCUT2D eigenvalue weighted by Crippen LogP contribution is -2.49. The lowest BCUT2D eigenvalue weighted by atomic mass is 10.1. The van der Waals surface area contributed by atoms with Crippen LogP contribution in [0, 0.1) is 12.7 Å². The SMILES string of the molecule is COc1ccccc1N1CCN(C(=O)c2cc([S+]([O-])Nc3ccccc3F)ccc2C)CC1. The van der Waals surface area contributed by atoms with Gasteiger partial charge >= 0.3 is 0 Å². The fraction of sp³-hybridized carbons (Fsp3) is 0.240. The van der Waals surface area contributed by atoms with E-state index >= 15 is 0 Å². The van der Waals surface area contributed by atoms with E-state index in [1.54, 1.807) is 37.4 Å². The summed E-state index contributed by atoms with van der Waals surface area (Å²) in [6.45, 7) is 4.36. The van der Waals surface area contributed by atoms with Crippen molar-refractivity contribution in [3.8, 4) is 5.75 Å². The number of piperazine rings is 1. The first kappa shape index (κ1) is 22.9. The van der Waals surface area contributed by atoms with Crippen molar-refractivity contribution in [2.75, 3.05) is 42.9 Å². The van der Waals surface area contributed by atoms with Crippen LogP contribution in [0.5, 0.6) is 5.75 Å². The largest absolute Gasteiger partial charge is 0.588 e. The average molecular weight is 468 g/mol. The molecule has 0 aliphatic carbocycles. The Bertz CT molecular complexity index is 1140. The number of rotatable bonds is 6. The number of methoxy groups -OCH3 is 1. The highest BCUT2D eigenvalue weighted by atomic mass is 32.2. The molecule has 33 heavy (non-hydrogen) atoms. The number of halogens is 1. The standard InChI is InChI=1S/C25H26FN3O3S/c1-18-11-12-19(33(31)27-22-8-4-3-7-21(22)26)17-20(18)25(30)29-15-13-28(14-16-29)23-9-5-6-10-24(23)32-2/h3-12,17,27H,13-16H2,1-2H3. The Labute approximate surface area is 196 Å². The zero-order valence-corrected chi connectivity index (χ0v) is 19.4. The Hall–Kier alpha value is -3.23. The number of para-hydroxylation sites is 3. The number of amides is 1. The molecule has 4 rings (SSSR count). The summed E-state index contributed by atoms with van der Waals surface area (Å²) >= 11 is -1.70. The summed E-state index contributed by atoms with van der Waals surface area (Å²) in [6.07, 6.45) is 0. The third-order valence-corrected chi connectivity index (χ3v) is 6.81. The normalized spacial score (nSPS) is 14.7. The summed E-state index contributed by atoms with van der Waals surface area (Å²) in [7, 11) is 1.65. The number of ether oxygens (including phenoxy) is 1. The molecule has 3 aromatic rings. The molecular formula is C25H26FN3O3S. The third kappa shape index (κ3) is 5.07. The lowest BCUT2D eigenvalue weighted by Gasteiger charge is -2.36. The highest BCUT2D eigenvalue weighted by molar-refractivity contribution is 7.92. The average Bonchev–Trinajstić information content (AvgIpc) is 2.85. The molecule has 0 saturated carbocycles. The second kappa shape index (κ2) is 10.1. The third-order valence-electron chi connectivity index (χ3n) is 5.72. The topological polar surface area (TPSA) is 67.9 Å². The molecule has 0 bridgehead atoms. The van der Waals surface area contributed by atoms with Crippen LogP contribution in [0.4, 0.5) is 15.8 Å². The first-order valence-corrected chi connectivity index (χ1v) is 11.8. The first-order valence-electron chi connectivity index (χ1n) is 10.7. The number of anilines is 2. The van der Waals surface area contributed by atoms with Gasteiger partial charge in [-0.2, -0.15) is 0 Å². The Morgan fingerprint density at radius 1 is 1.03 bits per heavy atom. The molecule has 1 aliphatic heterocycles. The van der Waals surface area contributed by atoms with Crippen LogP contribution < -0.4 is 14.4 Å². The van der Waals surface area contributed by atoms with Crippen LogP contribution in [0.1, 0.15) is 15.9 Å². The van der Waals surface area contributed by atoms with Crippen molar-refractivity contribution in [2.24, 2.45) is 0 Å². The van der Waals surface area contributed by atoms with Crippen molar-refractivity contribution in [3.63, 3.8) is 0 Å². The minimum Gasteiger partial charge on any atom is -0.588 e. The molecule has 6 nitrogen and oxygen atoms in total. The highest BCUT2D eigenvalue weighted by Gasteiger charge is 2.26. The number of carbonyl (C=O) groups is 1. The quantitative estimate of drug-likeness (QED) is 0.550. The van der Waals surface area contributed by atoms with E-state index < -0.39 is 17.2 Å². The van der Waals surface area contributed by atoms with E-state index in [1.807, 2.05) is 36.1 Å². The molecule has 0 radical (unpaired) electrons. The monoisotopic (exact) mass is 467 g/mol. The molecule has 1 amide bonds. The van der Waals surface area contributed by atoms with Crippen molar-refractivity contribution in [2.45, 2.75) is 11.8 Å². The Morgan fingerprint density at radius 2 is 1.73 bits per heavy atom. The number of hydrogen-bond donors (Lipinski definition) is 1. The molecule has 1 fully saturated rings. The van der Waals surface area contributed by atoms with Gasteiger partial charge in [0.2, 0.25) is 0 Å². The summed E-state index contributed by atoms with van der Waals surface area (Å²) in [4.78, 5) is 17.7. The molecule has 1 saturated heterocycles. The van der Waals surface area contributed by atoms with Crippen LogP contribution in [0.2, 0.25) is 0 Å². The molecular weight excluding hydrogens is 441 g/mol. The van der Waals surface area contributed by atoms with Gasteiger partial charge in [0, 0.05) is 37.8 Å². The lowest BCUT2D eigenvalue weighted by molar-refractivity contribution is 0.0745. The van der Waals surface area contributed by atoms with E-state index in [-0.39, 0.29) is 11.6 Å². The number of aryl methyl sites for hydroxylation is 1. The maximum absolute atomic E-state index is 13.9. The van der Waals surface area contributed by atoms with Gasteiger partial charge in [-0.25, -0.2) is 9.11 Å². The fourth-order valence-corrected chi connectivity index (χ4v) is 4.76. The van der Waals surface area contributed by atoms with Crippen LogP contribution in [-0.4, -0.2) is 48.6 Å².